The third-order valence-electron chi connectivity index (χ3n) is 1.96. The highest BCUT2D eigenvalue weighted by Gasteiger charge is 2.40. The highest BCUT2D eigenvalue weighted by Crippen LogP contribution is 2.21. The second kappa shape index (κ2) is 4.21. The van der Waals surface area contributed by atoms with Crippen molar-refractivity contribution in [1.82, 2.24) is 0 Å². The number of rotatable bonds is 3. The van der Waals surface area contributed by atoms with Gasteiger partial charge < -0.3 is 9.47 Å². The molecule has 0 bridgehead atoms. The summed E-state index contributed by atoms with van der Waals surface area (Å²) >= 11 is 0. The molecule has 78 valence electrons. The minimum Gasteiger partial charge on any atom is -0.462 e. The number of carbonyl (C=O) groups is 3. The maximum Gasteiger partial charge on any atom is 0.375 e. The number of esters is 2. The lowest BCUT2D eigenvalue weighted by molar-refractivity contribution is -0.158. The quantitative estimate of drug-likeness (QED) is 0.366. The first kappa shape index (κ1) is 10.7. The van der Waals surface area contributed by atoms with E-state index in [1.54, 1.807) is 13.8 Å². The van der Waals surface area contributed by atoms with Gasteiger partial charge in [-0.1, -0.05) is 0 Å². The lowest BCUT2D eigenvalue weighted by Crippen LogP contribution is -2.28. The average molecular weight is 200 g/mol. The first-order valence-electron chi connectivity index (χ1n) is 4.47. The maximum absolute atomic E-state index is 11.3. The first-order chi connectivity index (χ1) is 6.56. The van der Waals surface area contributed by atoms with E-state index < -0.39 is 23.6 Å². The highest BCUT2D eigenvalue weighted by atomic mass is 16.6. The predicted molar refractivity (Wildman–Crippen MR) is 45.3 cm³/mol. The van der Waals surface area contributed by atoms with Crippen LogP contribution in [0.1, 0.15) is 20.3 Å². The van der Waals surface area contributed by atoms with Crippen LogP contribution < -0.4 is 0 Å². The fourth-order valence-electron chi connectivity index (χ4n) is 1.32. The van der Waals surface area contributed by atoms with Gasteiger partial charge in [0.2, 0.25) is 0 Å². The second-order valence-corrected chi connectivity index (χ2v) is 3.12. The van der Waals surface area contributed by atoms with E-state index in [-0.39, 0.29) is 19.1 Å². The summed E-state index contributed by atoms with van der Waals surface area (Å²) in [5.74, 6) is -3.36. The summed E-state index contributed by atoms with van der Waals surface area (Å²) < 4.78 is 9.26. The van der Waals surface area contributed by atoms with Gasteiger partial charge in [-0.3, -0.25) is 9.59 Å². The number of ketones is 1. The molecule has 1 heterocycles. The van der Waals surface area contributed by atoms with Gasteiger partial charge in [-0.2, -0.15) is 0 Å². The van der Waals surface area contributed by atoms with E-state index in [9.17, 15) is 14.4 Å². The molecule has 2 atom stereocenters. The van der Waals surface area contributed by atoms with Crippen LogP contribution in [0.25, 0.3) is 0 Å². The van der Waals surface area contributed by atoms with Crippen LogP contribution in [-0.2, 0) is 23.9 Å². The lowest BCUT2D eigenvalue weighted by Gasteiger charge is -2.02. The molecule has 1 aliphatic heterocycles. The molecule has 0 radical (unpaired) electrons. The molecule has 0 N–H and O–H groups in total. The van der Waals surface area contributed by atoms with Crippen LogP contribution in [-0.4, -0.2) is 30.4 Å². The van der Waals surface area contributed by atoms with Crippen LogP contribution >= 0.6 is 0 Å². The van der Waals surface area contributed by atoms with E-state index in [2.05, 4.69) is 4.74 Å². The Kier molecular flexibility index (Phi) is 3.22. The average Bonchev–Trinajstić information content (AvgIpc) is 2.44. The van der Waals surface area contributed by atoms with Crippen molar-refractivity contribution in [1.29, 1.82) is 0 Å². The largest absolute Gasteiger partial charge is 0.462 e. The fourth-order valence-corrected chi connectivity index (χ4v) is 1.32. The van der Waals surface area contributed by atoms with Crippen LogP contribution in [0.15, 0.2) is 0 Å². The number of ether oxygens (including phenoxy) is 2. The van der Waals surface area contributed by atoms with Crippen LogP contribution in [0, 0.1) is 5.92 Å². The van der Waals surface area contributed by atoms with E-state index in [0.29, 0.717) is 0 Å². The predicted octanol–water partition coefficient (Wildman–Crippen LogP) is 0.0702. The summed E-state index contributed by atoms with van der Waals surface area (Å²) in [7, 11) is 0. The molecule has 14 heavy (non-hydrogen) atoms. The van der Waals surface area contributed by atoms with Gasteiger partial charge in [0.25, 0.3) is 5.78 Å². The van der Waals surface area contributed by atoms with Crippen LogP contribution in [0.3, 0.4) is 0 Å². The summed E-state index contributed by atoms with van der Waals surface area (Å²) in [6.07, 6.45) is -0.0397. The molecule has 0 spiro atoms. The van der Waals surface area contributed by atoms with Crippen molar-refractivity contribution in [3.8, 4) is 0 Å². The van der Waals surface area contributed by atoms with Gasteiger partial charge in [-0.05, 0) is 13.8 Å². The van der Waals surface area contributed by atoms with Gasteiger partial charge in [0.1, 0.15) is 12.0 Å². The molecule has 0 aromatic rings. The number of hydrogen-bond donors (Lipinski definition) is 0. The van der Waals surface area contributed by atoms with Gasteiger partial charge in [0.05, 0.1) is 6.61 Å². The molecule has 0 saturated carbocycles. The van der Waals surface area contributed by atoms with Gasteiger partial charge in [-0.15, -0.1) is 0 Å². The lowest BCUT2D eigenvalue weighted by atomic mass is 10.0. The van der Waals surface area contributed by atoms with E-state index in [1.807, 2.05) is 0 Å². The zero-order chi connectivity index (χ0) is 10.7. The van der Waals surface area contributed by atoms with Crippen molar-refractivity contribution in [3.05, 3.63) is 0 Å². The van der Waals surface area contributed by atoms with Crippen LogP contribution in [0.4, 0.5) is 0 Å². The standard InChI is InChI=1S/C9H12O5/c1-3-13-9(12)7(10)6-4-5(2)14-8(6)11/h5-6H,3-4H2,1-2H3. The maximum atomic E-state index is 11.3. The van der Waals surface area contributed by atoms with Gasteiger partial charge >= 0.3 is 11.9 Å². The van der Waals surface area contributed by atoms with Crippen molar-refractivity contribution in [2.24, 2.45) is 5.92 Å². The van der Waals surface area contributed by atoms with Crippen molar-refractivity contribution in [3.63, 3.8) is 0 Å². The van der Waals surface area contributed by atoms with Crippen molar-refractivity contribution in [2.75, 3.05) is 6.61 Å². The Balaban J connectivity index is 2.61. The Morgan fingerprint density at radius 3 is 2.64 bits per heavy atom. The summed E-state index contributed by atoms with van der Waals surface area (Å²) in [5, 5.41) is 0. The Bertz CT molecular complexity index is 270. The zero-order valence-electron chi connectivity index (χ0n) is 8.11. The molecule has 2 unspecified atom stereocenters. The molecular formula is C9H12O5. The number of cyclic esters (lactones) is 1. The number of Topliss-reactive ketones (excluding diaryl/α,β-unsaturated/α-hetero) is 1. The molecule has 0 amide bonds. The Morgan fingerprint density at radius 2 is 2.21 bits per heavy atom. The van der Waals surface area contributed by atoms with Gasteiger partial charge in [-0.25, -0.2) is 4.79 Å². The minimum atomic E-state index is -0.968. The van der Waals surface area contributed by atoms with Crippen LogP contribution in [0.5, 0.6) is 0 Å². The molecule has 1 fully saturated rings. The summed E-state index contributed by atoms with van der Waals surface area (Å²) in [4.78, 5) is 33.4. The highest BCUT2D eigenvalue weighted by molar-refractivity contribution is 6.38. The molecule has 5 heteroatoms. The van der Waals surface area contributed by atoms with Crippen molar-refractivity contribution < 1.29 is 23.9 Å². The molecule has 1 aliphatic rings. The van der Waals surface area contributed by atoms with E-state index in [0.717, 1.165) is 0 Å². The fraction of sp³-hybridized carbons (Fsp3) is 0.667. The Hall–Kier alpha value is -1.39. The smallest absolute Gasteiger partial charge is 0.375 e. The summed E-state index contributed by atoms with van der Waals surface area (Å²) in [5.41, 5.74) is 0. The molecular weight excluding hydrogens is 188 g/mol. The molecule has 5 nitrogen and oxygen atoms in total. The molecule has 0 aromatic heterocycles. The summed E-state index contributed by atoms with van der Waals surface area (Å²) in [6.45, 7) is 3.40. The zero-order valence-corrected chi connectivity index (χ0v) is 8.11. The van der Waals surface area contributed by atoms with Crippen molar-refractivity contribution in [2.45, 2.75) is 26.4 Å². The summed E-state index contributed by atoms with van der Waals surface area (Å²) in [6, 6.07) is 0. The van der Waals surface area contributed by atoms with Gasteiger partial charge in [0.15, 0.2) is 0 Å². The normalized spacial score (nSPS) is 25.7. The van der Waals surface area contributed by atoms with Crippen molar-refractivity contribution >= 4 is 17.7 Å². The van der Waals surface area contributed by atoms with E-state index in [4.69, 9.17) is 4.74 Å². The Labute approximate surface area is 81.4 Å². The van der Waals surface area contributed by atoms with E-state index in [1.165, 1.54) is 0 Å². The number of hydrogen-bond acceptors (Lipinski definition) is 5. The van der Waals surface area contributed by atoms with Gasteiger partial charge in [0, 0.05) is 6.42 Å². The monoisotopic (exact) mass is 200 g/mol. The third-order valence-corrected chi connectivity index (χ3v) is 1.96. The molecule has 1 rings (SSSR count). The Morgan fingerprint density at radius 1 is 1.57 bits per heavy atom. The molecule has 0 aromatic carbocycles. The second-order valence-electron chi connectivity index (χ2n) is 3.12. The first-order valence-corrected chi connectivity index (χ1v) is 4.47. The van der Waals surface area contributed by atoms with Crippen LogP contribution in [0.2, 0.25) is 0 Å². The molecule has 0 aliphatic carbocycles. The number of carbonyl (C=O) groups excluding carboxylic acids is 3. The SMILES string of the molecule is CCOC(=O)C(=O)C1CC(C)OC1=O. The minimum absolute atomic E-state index is 0.127. The third kappa shape index (κ3) is 2.10. The molecule has 1 saturated heterocycles. The topological polar surface area (TPSA) is 69.7 Å². The van der Waals surface area contributed by atoms with E-state index >= 15 is 0 Å².